The summed E-state index contributed by atoms with van der Waals surface area (Å²) >= 11 is 0. The van der Waals surface area contributed by atoms with Gasteiger partial charge in [0.05, 0.1) is 24.9 Å². The number of azide groups is 1. The summed E-state index contributed by atoms with van der Waals surface area (Å²) in [6, 6.07) is -0.966. The molecule has 0 unspecified atom stereocenters. The van der Waals surface area contributed by atoms with Crippen molar-refractivity contribution in [2.24, 2.45) is 5.11 Å². The van der Waals surface area contributed by atoms with Crippen LogP contribution in [-0.2, 0) is 0 Å². The summed E-state index contributed by atoms with van der Waals surface area (Å²) in [6.07, 6.45) is 1.13. The number of rotatable bonds is 8. The van der Waals surface area contributed by atoms with E-state index in [4.69, 9.17) is 10.6 Å². The van der Waals surface area contributed by atoms with Crippen molar-refractivity contribution in [3.8, 4) is 0 Å². The van der Waals surface area contributed by atoms with Gasteiger partial charge >= 0.3 is 0 Å². The number of hydrogen-bond donors (Lipinski definition) is 3. The molecular formula is C9H19N3O3. The van der Waals surface area contributed by atoms with Gasteiger partial charge in [-0.2, -0.15) is 0 Å². The lowest BCUT2D eigenvalue weighted by Gasteiger charge is -2.21. The molecule has 0 spiro atoms. The van der Waals surface area contributed by atoms with Crippen LogP contribution in [0, 0.1) is 0 Å². The first-order chi connectivity index (χ1) is 7.17. The third kappa shape index (κ3) is 5.59. The summed E-state index contributed by atoms with van der Waals surface area (Å²) in [4.78, 5) is 2.50. The first-order valence-electron chi connectivity index (χ1n) is 5.18. The number of nitrogens with zero attached hydrogens (tertiary/aromatic N) is 3. The highest BCUT2D eigenvalue weighted by Gasteiger charge is 2.24. The van der Waals surface area contributed by atoms with Crippen molar-refractivity contribution < 1.29 is 15.3 Å². The predicted octanol–water partition coefficient (Wildman–Crippen LogP) is 0.960. The highest BCUT2D eigenvalue weighted by Crippen LogP contribution is 2.11. The molecule has 0 aromatic carbocycles. The SMILES string of the molecule is CCCCC[C@@H](O)[C@@H](O)[C@@H](CO)N=[N+]=[N-]. The molecule has 88 valence electrons. The second-order valence-corrected chi connectivity index (χ2v) is 3.51. The normalized spacial score (nSPS) is 16.5. The quantitative estimate of drug-likeness (QED) is 0.244. The van der Waals surface area contributed by atoms with Crippen molar-refractivity contribution in [2.75, 3.05) is 6.61 Å². The minimum Gasteiger partial charge on any atom is -0.396 e. The van der Waals surface area contributed by atoms with E-state index < -0.39 is 24.9 Å². The van der Waals surface area contributed by atoms with Gasteiger partial charge in [-0.25, -0.2) is 0 Å². The summed E-state index contributed by atoms with van der Waals surface area (Å²) in [5.74, 6) is 0. The number of hydrogen-bond acceptors (Lipinski definition) is 4. The summed E-state index contributed by atoms with van der Waals surface area (Å²) in [6.45, 7) is 1.58. The molecular weight excluding hydrogens is 198 g/mol. The molecule has 0 aromatic rings. The van der Waals surface area contributed by atoms with Gasteiger partial charge in [0.15, 0.2) is 0 Å². The Morgan fingerprint density at radius 2 is 2.00 bits per heavy atom. The van der Waals surface area contributed by atoms with Crippen molar-refractivity contribution in [2.45, 2.75) is 50.9 Å². The first-order valence-corrected chi connectivity index (χ1v) is 5.18. The minimum atomic E-state index is -1.19. The van der Waals surface area contributed by atoms with Crippen LogP contribution >= 0.6 is 0 Å². The third-order valence-corrected chi connectivity index (χ3v) is 2.28. The van der Waals surface area contributed by atoms with Crippen LogP contribution in [0.2, 0.25) is 0 Å². The molecule has 3 atom stereocenters. The fourth-order valence-corrected chi connectivity index (χ4v) is 1.31. The summed E-state index contributed by atoms with van der Waals surface area (Å²) < 4.78 is 0. The van der Waals surface area contributed by atoms with Crippen molar-refractivity contribution in [3.63, 3.8) is 0 Å². The number of aliphatic hydroxyl groups is 3. The molecule has 0 aromatic heterocycles. The maximum absolute atomic E-state index is 9.53. The minimum absolute atomic E-state index is 0.451. The highest BCUT2D eigenvalue weighted by atomic mass is 16.3. The molecule has 15 heavy (non-hydrogen) atoms. The number of aliphatic hydroxyl groups excluding tert-OH is 3. The van der Waals surface area contributed by atoms with Crippen LogP contribution in [0.4, 0.5) is 0 Å². The maximum atomic E-state index is 9.53. The number of unbranched alkanes of at least 4 members (excludes halogenated alkanes) is 2. The molecule has 0 saturated carbocycles. The standard InChI is InChI=1S/C9H19N3O3/c1-2-3-4-5-8(14)9(15)7(6-13)11-12-10/h7-9,13-15H,2-6H2,1H3/t7-,8-,9+/m1/s1. The second kappa shape index (κ2) is 8.49. The Morgan fingerprint density at radius 3 is 2.47 bits per heavy atom. The van der Waals surface area contributed by atoms with E-state index in [9.17, 15) is 10.2 Å². The van der Waals surface area contributed by atoms with E-state index in [2.05, 4.69) is 10.0 Å². The van der Waals surface area contributed by atoms with Gasteiger partial charge in [-0.05, 0) is 12.0 Å². The average molecular weight is 217 g/mol. The summed E-state index contributed by atoms with van der Waals surface area (Å²) in [7, 11) is 0. The van der Waals surface area contributed by atoms with Crippen LogP contribution in [0.3, 0.4) is 0 Å². The monoisotopic (exact) mass is 217 g/mol. The Morgan fingerprint density at radius 1 is 1.33 bits per heavy atom. The van der Waals surface area contributed by atoms with Gasteiger partial charge in [0.1, 0.15) is 0 Å². The summed E-state index contributed by atoms with van der Waals surface area (Å²) in [5, 5.41) is 31.1. The average Bonchev–Trinajstić information content (AvgIpc) is 2.25. The van der Waals surface area contributed by atoms with Gasteiger partial charge in [-0.15, -0.1) is 0 Å². The van der Waals surface area contributed by atoms with Gasteiger partial charge in [0.2, 0.25) is 0 Å². The Labute approximate surface area is 89.2 Å². The Bertz CT molecular complexity index is 207. The zero-order valence-electron chi connectivity index (χ0n) is 8.95. The van der Waals surface area contributed by atoms with Crippen molar-refractivity contribution in [1.29, 1.82) is 0 Å². The van der Waals surface area contributed by atoms with Crippen molar-refractivity contribution in [3.05, 3.63) is 10.4 Å². The van der Waals surface area contributed by atoms with E-state index >= 15 is 0 Å². The van der Waals surface area contributed by atoms with E-state index in [1.165, 1.54) is 0 Å². The highest BCUT2D eigenvalue weighted by molar-refractivity contribution is 4.81. The Kier molecular flexibility index (Phi) is 8.04. The maximum Gasteiger partial charge on any atom is 0.0905 e. The van der Waals surface area contributed by atoms with Gasteiger partial charge in [0.25, 0.3) is 0 Å². The van der Waals surface area contributed by atoms with E-state index in [1.54, 1.807) is 0 Å². The van der Waals surface area contributed by atoms with Crippen LogP contribution in [0.15, 0.2) is 5.11 Å². The van der Waals surface area contributed by atoms with Crippen LogP contribution in [0.25, 0.3) is 10.4 Å². The lowest BCUT2D eigenvalue weighted by atomic mass is 10.0. The molecule has 0 fully saturated rings. The van der Waals surface area contributed by atoms with Crippen LogP contribution < -0.4 is 0 Å². The predicted molar refractivity (Wildman–Crippen MR) is 56.2 cm³/mol. The first kappa shape index (κ1) is 14.2. The van der Waals surface area contributed by atoms with Crippen LogP contribution in [-0.4, -0.2) is 40.2 Å². The molecule has 6 heteroatoms. The topological polar surface area (TPSA) is 109 Å². The Balaban J connectivity index is 4.03. The largest absolute Gasteiger partial charge is 0.396 e. The van der Waals surface area contributed by atoms with Crippen molar-refractivity contribution >= 4 is 0 Å². The van der Waals surface area contributed by atoms with E-state index in [1.807, 2.05) is 6.92 Å². The van der Waals surface area contributed by atoms with Crippen molar-refractivity contribution in [1.82, 2.24) is 0 Å². The molecule has 0 saturated heterocycles. The van der Waals surface area contributed by atoms with Gasteiger partial charge in [-0.3, -0.25) is 0 Å². The Hall–Kier alpha value is -0.810. The zero-order chi connectivity index (χ0) is 11.7. The summed E-state index contributed by atoms with van der Waals surface area (Å²) in [5.41, 5.74) is 8.17. The molecule has 6 nitrogen and oxygen atoms in total. The molecule has 0 amide bonds. The zero-order valence-corrected chi connectivity index (χ0v) is 8.95. The smallest absolute Gasteiger partial charge is 0.0905 e. The lowest BCUT2D eigenvalue weighted by Crippen LogP contribution is -2.38. The van der Waals surface area contributed by atoms with E-state index in [0.717, 1.165) is 19.3 Å². The fourth-order valence-electron chi connectivity index (χ4n) is 1.31. The van der Waals surface area contributed by atoms with Crippen LogP contribution in [0.5, 0.6) is 0 Å². The fraction of sp³-hybridized carbons (Fsp3) is 1.00. The molecule has 0 heterocycles. The molecule has 0 radical (unpaired) electrons. The van der Waals surface area contributed by atoms with Crippen LogP contribution in [0.1, 0.15) is 32.6 Å². The molecule has 0 aliphatic rings. The van der Waals surface area contributed by atoms with Gasteiger partial charge in [0, 0.05) is 4.91 Å². The third-order valence-electron chi connectivity index (χ3n) is 2.28. The lowest BCUT2D eigenvalue weighted by molar-refractivity contribution is -0.0119. The molecule has 0 bridgehead atoms. The van der Waals surface area contributed by atoms with Gasteiger partial charge < -0.3 is 15.3 Å². The molecule has 0 rings (SSSR count). The van der Waals surface area contributed by atoms with Gasteiger partial charge in [-0.1, -0.05) is 31.3 Å². The van der Waals surface area contributed by atoms with E-state index in [0.29, 0.717) is 6.42 Å². The molecule has 0 aliphatic carbocycles. The second-order valence-electron chi connectivity index (χ2n) is 3.51. The van der Waals surface area contributed by atoms with E-state index in [-0.39, 0.29) is 0 Å². The molecule has 0 aliphatic heterocycles. The molecule has 3 N–H and O–H groups in total.